The Kier molecular flexibility index (Phi) is 4.67. The SMILES string of the molecule is CCc1c(C)nn(C2CC(CC)CCC2CN)c1C. The molecule has 1 aromatic rings. The highest BCUT2D eigenvalue weighted by molar-refractivity contribution is 5.25. The molecule has 1 aliphatic rings. The zero-order valence-electron chi connectivity index (χ0n) is 12.9. The van der Waals surface area contributed by atoms with Crippen molar-refractivity contribution in [2.45, 2.75) is 65.8 Å². The summed E-state index contributed by atoms with van der Waals surface area (Å²) in [5, 5.41) is 4.83. The molecule has 19 heavy (non-hydrogen) atoms. The van der Waals surface area contributed by atoms with Crippen molar-refractivity contribution in [1.82, 2.24) is 9.78 Å². The van der Waals surface area contributed by atoms with Gasteiger partial charge < -0.3 is 5.73 Å². The summed E-state index contributed by atoms with van der Waals surface area (Å²) in [6, 6.07) is 0.516. The van der Waals surface area contributed by atoms with Crippen LogP contribution in [0.5, 0.6) is 0 Å². The summed E-state index contributed by atoms with van der Waals surface area (Å²) in [5.41, 5.74) is 9.99. The fourth-order valence-corrected chi connectivity index (χ4v) is 3.77. The second kappa shape index (κ2) is 6.08. The van der Waals surface area contributed by atoms with E-state index >= 15 is 0 Å². The molecule has 3 atom stereocenters. The van der Waals surface area contributed by atoms with Crippen molar-refractivity contribution < 1.29 is 0 Å². The lowest BCUT2D eigenvalue weighted by molar-refractivity contribution is 0.170. The predicted molar refractivity (Wildman–Crippen MR) is 80.3 cm³/mol. The van der Waals surface area contributed by atoms with E-state index in [0.717, 1.165) is 18.9 Å². The van der Waals surface area contributed by atoms with Gasteiger partial charge in [0.2, 0.25) is 0 Å². The Labute approximate surface area is 117 Å². The Morgan fingerprint density at radius 2 is 2.00 bits per heavy atom. The van der Waals surface area contributed by atoms with Crippen molar-refractivity contribution in [2.75, 3.05) is 6.54 Å². The first-order valence-electron chi connectivity index (χ1n) is 7.86. The third-order valence-electron chi connectivity index (χ3n) is 5.09. The summed E-state index contributed by atoms with van der Waals surface area (Å²) in [6.45, 7) is 9.68. The molecule has 1 fully saturated rings. The number of hydrogen-bond donors (Lipinski definition) is 1. The Hall–Kier alpha value is -0.830. The lowest BCUT2D eigenvalue weighted by atomic mass is 9.77. The van der Waals surface area contributed by atoms with Gasteiger partial charge in [0.1, 0.15) is 0 Å². The molecule has 0 aliphatic heterocycles. The number of rotatable bonds is 4. The first-order valence-corrected chi connectivity index (χ1v) is 7.86. The fourth-order valence-electron chi connectivity index (χ4n) is 3.77. The van der Waals surface area contributed by atoms with Gasteiger partial charge in [0.25, 0.3) is 0 Å². The molecule has 0 aromatic carbocycles. The summed E-state index contributed by atoms with van der Waals surface area (Å²) >= 11 is 0. The summed E-state index contributed by atoms with van der Waals surface area (Å²) in [6.07, 6.45) is 6.22. The van der Waals surface area contributed by atoms with Gasteiger partial charge in [-0.15, -0.1) is 0 Å². The molecular formula is C16H29N3. The summed E-state index contributed by atoms with van der Waals surface area (Å²) in [5.74, 6) is 1.45. The molecule has 2 rings (SSSR count). The highest BCUT2D eigenvalue weighted by Gasteiger charge is 2.32. The van der Waals surface area contributed by atoms with Crippen molar-refractivity contribution >= 4 is 0 Å². The molecule has 3 nitrogen and oxygen atoms in total. The highest BCUT2D eigenvalue weighted by atomic mass is 15.3. The van der Waals surface area contributed by atoms with Gasteiger partial charge in [-0.05, 0) is 63.5 Å². The maximum Gasteiger partial charge on any atom is 0.0628 e. The van der Waals surface area contributed by atoms with Crippen LogP contribution in [0.25, 0.3) is 0 Å². The first-order chi connectivity index (χ1) is 9.12. The van der Waals surface area contributed by atoms with E-state index in [0.29, 0.717) is 12.0 Å². The van der Waals surface area contributed by atoms with Gasteiger partial charge in [0, 0.05) is 5.69 Å². The van der Waals surface area contributed by atoms with E-state index in [9.17, 15) is 0 Å². The van der Waals surface area contributed by atoms with Crippen LogP contribution >= 0.6 is 0 Å². The second-order valence-corrected chi connectivity index (χ2v) is 6.10. The van der Waals surface area contributed by atoms with Gasteiger partial charge in [0.05, 0.1) is 11.7 Å². The number of aromatic nitrogens is 2. The lowest BCUT2D eigenvalue weighted by Crippen LogP contribution is -2.33. The molecule has 1 aliphatic carbocycles. The van der Waals surface area contributed by atoms with E-state index < -0.39 is 0 Å². The number of aryl methyl sites for hydroxylation is 1. The van der Waals surface area contributed by atoms with Crippen LogP contribution in [0.1, 0.15) is 62.5 Å². The Morgan fingerprint density at radius 3 is 2.53 bits per heavy atom. The Balaban J connectivity index is 2.31. The van der Waals surface area contributed by atoms with Gasteiger partial charge in [-0.25, -0.2) is 0 Å². The predicted octanol–water partition coefficient (Wildman–Crippen LogP) is 3.39. The molecule has 0 amide bonds. The molecule has 0 bridgehead atoms. The second-order valence-electron chi connectivity index (χ2n) is 6.10. The topological polar surface area (TPSA) is 43.8 Å². The molecular weight excluding hydrogens is 234 g/mol. The maximum atomic E-state index is 6.00. The minimum Gasteiger partial charge on any atom is -0.330 e. The molecule has 0 radical (unpaired) electrons. The van der Waals surface area contributed by atoms with Crippen molar-refractivity contribution in [2.24, 2.45) is 17.6 Å². The van der Waals surface area contributed by atoms with Crippen LogP contribution in [0, 0.1) is 25.7 Å². The maximum absolute atomic E-state index is 6.00. The van der Waals surface area contributed by atoms with Gasteiger partial charge in [-0.1, -0.05) is 20.3 Å². The minimum atomic E-state index is 0.516. The molecule has 108 valence electrons. The third-order valence-corrected chi connectivity index (χ3v) is 5.09. The number of nitrogens with zero attached hydrogens (tertiary/aromatic N) is 2. The van der Waals surface area contributed by atoms with Crippen LogP contribution in [0.4, 0.5) is 0 Å². The van der Waals surface area contributed by atoms with Gasteiger partial charge >= 0.3 is 0 Å². The lowest BCUT2D eigenvalue weighted by Gasteiger charge is -2.36. The zero-order valence-corrected chi connectivity index (χ0v) is 12.9. The van der Waals surface area contributed by atoms with Crippen LogP contribution in [0.15, 0.2) is 0 Å². The van der Waals surface area contributed by atoms with E-state index in [-0.39, 0.29) is 0 Å². The van der Waals surface area contributed by atoms with Crippen LogP contribution in [-0.4, -0.2) is 16.3 Å². The smallest absolute Gasteiger partial charge is 0.0628 e. The molecule has 2 N–H and O–H groups in total. The van der Waals surface area contributed by atoms with E-state index in [1.165, 1.54) is 42.6 Å². The summed E-state index contributed by atoms with van der Waals surface area (Å²) < 4.78 is 2.30. The Bertz CT molecular complexity index is 422. The standard InChI is InChI=1S/C16H29N3/c1-5-13-7-8-14(10-17)16(9-13)19-12(4)15(6-2)11(3)18-19/h13-14,16H,5-10,17H2,1-4H3. The van der Waals surface area contributed by atoms with E-state index in [1.807, 2.05) is 0 Å². The fraction of sp³-hybridized carbons (Fsp3) is 0.812. The average Bonchev–Trinajstić information content (AvgIpc) is 2.72. The summed E-state index contributed by atoms with van der Waals surface area (Å²) in [4.78, 5) is 0. The molecule has 3 unspecified atom stereocenters. The molecule has 0 saturated heterocycles. The molecule has 1 saturated carbocycles. The number of hydrogen-bond acceptors (Lipinski definition) is 2. The first kappa shape index (κ1) is 14.6. The van der Waals surface area contributed by atoms with Crippen LogP contribution in [-0.2, 0) is 6.42 Å². The van der Waals surface area contributed by atoms with E-state index in [2.05, 4.69) is 32.4 Å². The van der Waals surface area contributed by atoms with Crippen LogP contribution in [0.3, 0.4) is 0 Å². The normalized spacial score (nSPS) is 27.7. The third kappa shape index (κ3) is 2.71. The molecule has 0 spiro atoms. The monoisotopic (exact) mass is 263 g/mol. The molecule has 1 heterocycles. The summed E-state index contributed by atoms with van der Waals surface area (Å²) in [7, 11) is 0. The van der Waals surface area contributed by atoms with Crippen molar-refractivity contribution in [3.05, 3.63) is 17.0 Å². The molecule has 1 aromatic heterocycles. The minimum absolute atomic E-state index is 0.516. The van der Waals surface area contributed by atoms with Crippen molar-refractivity contribution in [3.8, 4) is 0 Å². The quantitative estimate of drug-likeness (QED) is 0.905. The van der Waals surface area contributed by atoms with Gasteiger partial charge in [0.15, 0.2) is 0 Å². The van der Waals surface area contributed by atoms with Crippen molar-refractivity contribution in [3.63, 3.8) is 0 Å². The average molecular weight is 263 g/mol. The number of nitrogens with two attached hydrogens (primary N) is 1. The largest absolute Gasteiger partial charge is 0.330 e. The van der Waals surface area contributed by atoms with E-state index in [4.69, 9.17) is 10.8 Å². The van der Waals surface area contributed by atoms with Crippen molar-refractivity contribution in [1.29, 1.82) is 0 Å². The highest BCUT2D eigenvalue weighted by Crippen LogP contribution is 2.39. The van der Waals surface area contributed by atoms with Crippen LogP contribution < -0.4 is 5.73 Å². The van der Waals surface area contributed by atoms with Crippen LogP contribution in [0.2, 0.25) is 0 Å². The van der Waals surface area contributed by atoms with E-state index in [1.54, 1.807) is 0 Å². The Morgan fingerprint density at radius 1 is 1.26 bits per heavy atom. The molecule has 3 heteroatoms. The zero-order chi connectivity index (χ0) is 14.0. The van der Waals surface area contributed by atoms with Gasteiger partial charge in [-0.3, -0.25) is 4.68 Å². The van der Waals surface area contributed by atoms with Gasteiger partial charge in [-0.2, -0.15) is 5.10 Å².